The summed E-state index contributed by atoms with van der Waals surface area (Å²) in [5, 5.41) is 6.06. The summed E-state index contributed by atoms with van der Waals surface area (Å²) >= 11 is 25.6. The van der Waals surface area contributed by atoms with Crippen LogP contribution in [-0.2, 0) is 0 Å². The van der Waals surface area contributed by atoms with Gasteiger partial charge in [-0.15, -0.1) is 0 Å². The first kappa shape index (κ1) is 31.1. The lowest BCUT2D eigenvalue weighted by Crippen LogP contribution is -2.19. The van der Waals surface area contributed by atoms with Crippen molar-refractivity contribution in [3.63, 3.8) is 0 Å². The average Bonchev–Trinajstić information content (AvgIpc) is 3.33. The number of halogens is 5. The molecule has 0 atom stereocenters. The number of aromatic nitrogens is 1. The third kappa shape index (κ3) is 6.76. The minimum absolute atomic E-state index is 0.139. The van der Waals surface area contributed by atoms with E-state index in [-0.39, 0.29) is 22.0 Å². The Bertz CT molecular complexity index is 1920. The molecule has 0 unspecified atom stereocenters. The van der Waals surface area contributed by atoms with Gasteiger partial charge in [0.15, 0.2) is 5.75 Å². The van der Waals surface area contributed by atoms with Gasteiger partial charge in [0.2, 0.25) is 0 Å². The molecule has 4 aromatic carbocycles. The lowest BCUT2D eigenvalue weighted by atomic mass is 10.0. The van der Waals surface area contributed by atoms with Crippen molar-refractivity contribution in [1.29, 1.82) is 0 Å². The van der Waals surface area contributed by atoms with Crippen molar-refractivity contribution < 1.29 is 14.3 Å². The average molecular weight is 764 g/mol. The third-order valence-corrected chi connectivity index (χ3v) is 8.35. The lowest BCUT2D eigenvalue weighted by molar-refractivity contribution is 0.0733. The highest BCUT2D eigenvalue weighted by molar-refractivity contribution is 9.11. The highest BCUT2D eigenvalue weighted by atomic mass is 79.9. The molecule has 2 N–H and O–H groups in total. The number of carbonyl (C=O) groups is 2. The Morgan fingerprint density at radius 2 is 1.72 bits per heavy atom. The van der Waals surface area contributed by atoms with Gasteiger partial charge in [0, 0.05) is 61.9 Å². The van der Waals surface area contributed by atoms with Crippen LogP contribution < -0.4 is 15.1 Å². The summed E-state index contributed by atoms with van der Waals surface area (Å²) < 4.78 is 6.84. The summed E-state index contributed by atoms with van der Waals surface area (Å²) in [6.07, 6.45) is 1.38. The Balaban J connectivity index is 1.47. The standard InChI is InChI=1S/C31H21Br2Cl3N4O3/c1-40(2)19-8-10-26-22(14-19)27(20-5-3-4-6-24(20)35)28(38-26)30(41)39-37-15-16-11-17(32)12-23(33)29(16)43-31(42)21-9-7-18(34)13-25(21)36/h3-15,38H,1-2H3,(H,39,41). The zero-order valence-electron chi connectivity index (χ0n) is 22.5. The monoisotopic (exact) mass is 760 g/mol. The number of benzene rings is 4. The predicted molar refractivity (Wildman–Crippen MR) is 181 cm³/mol. The molecule has 0 aliphatic carbocycles. The summed E-state index contributed by atoms with van der Waals surface area (Å²) in [6.45, 7) is 0. The number of hydrazone groups is 1. The van der Waals surface area contributed by atoms with E-state index in [0.29, 0.717) is 35.7 Å². The molecule has 0 radical (unpaired) electrons. The van der Waals surface area contributed by atoms with E-state index >= 15 is 0 Å². The van der Waals surface area contributed by atoms with Crippen LogP contribution in [0.4, 0.5) is 5.69 Å². The number of fused-ring (bicyclic) bond motifs is 1. The van der Waals surface area contributed by atoms with Gasteiger partial charge in [-0.05, 0) is 70.5 Å². The number of nitrogens with one attached hydrogen (secondary N) is 2. The van der Waals surface area contributed by atoms with E-state index in [1.54, 1.807) is 24.3 Å². The highest BCUT2D eigenvalue weighted by Crippen LogP contribution is 2.38. The van der Waals surface area contributed by atoms with Gasteiger partial charge in [0.1, 0.15) is 5.69 Å². The Labute approximate surface area is 279 Å². The molecule has 7 nitrogen and oxygen atoms in total. The molecule has 0 aliphatic heterocycles. The molecule has 0 saturated carbocycles. The van der Waals surface area contributed by atoms with Gasteiger partial charge in [0.25, 0.3) is 5.91 Å². The van der Waals surface area contributed by atoms with Crippen LogP contribution in [0.1, 0.15) is 26.4 Å². The molecular weight excluding hydrogens is 743 g/mol. The van der Waals surface area contributed by atoms with Crippen molar-refractivity contribution in [2.24, 2.45) is 5.10 Å². The second-order valence-corrected chi connectivity index (χ2v) is 12.5. The number of anilines is 1. The lowest BCUT2D eigenvalue weighted by Gasteiger charge is -2.13. The number of H-pyrrole nitrogens is 1. The van der Waals surface area contributed by atoms with E-state index in [4.69, 9.17) is 39.5 Å². The van der Waals surface area contributed by atoms with Gasteiger partial charge in [-0.3, -0.25) is 4.79 Å². The fraction of sp³-hybridized carbons (Fsp3) is 0.0645. The second kappa shape index (κ2) is 13.1. The third-order valence-electron chi connectivity index (χ3n) is 6.42. The number of amides is 1. The van der Waals surface area contributed by atoms with Crippen LogP contribution >= 0.6 is 66.7 Å². The fourth-order valence-electron chi connectivity index (χ4n) is 4.37. The topological polar surface area (TPSA) is 86.8 Å². The number of ether oxygens (including phenoxy) is 1. The molecule has 218 valence electrons. The number of aromatic amines is 1. The molecule has 5 aromatic rings. The molecule has 1 aromatic heterocycles. The Morgan fingerprint density at radius 1 is 0.953 bits per heavy atom. The van der Waals surface area contributed by atoms with Gasteiger partial charge in [-0.1, -0.05) is 68.9 Å². The summed E-state index contributed by atoms with van der Waals surface area (Å²) in [7, 11) is 3.89. The van der Waals surface area contributed by atoms with E-state index in [2.05, 4.69) is 47.4 Å². The number of carbonyl (C=O) groups excluding carboxylic acids is 2. The minimum atomic E-state index is -0.692. The molecule has 43 heavy (non-hydrogen) atoms. The zero-order chi connectivity index (χ0) is 30.8. The van der Waals surface area contributed by atoms with Crippen molar-refractivity contribution in [3.8, 4) is 16.9 Å². The first-order valence-electron chi connectivity index (χ1n) is 12.6. The fourth-order valence-corrected chi connectivity index (χ4v) is 6.43. The van der Waals surface area contributed by atoms with Crippen LogP contribution in [0.15, 0.2) is 86.8 Å². The first-order chi connectivity index (χ1) is 20.5. The summed E-state index contributed by atoms with van der Waals surface area (Å²) in [5.74, 6) is -1.01. The van der Waals surface area contributed by atoms with Crippen molar-refractivity contribution in [3.05, 3.63) is 114 Å². The number of nitrogens with zero attached hydrogens (tertiary/aromatic N) is 2. The molecule has 0 spiro atoms. The Kier molecular flexibility index (Phi) is 9.48. The molecule has 1 heterocycles. The van der Waals surface area contributed by atoms with Crippen molar-refractivity contribution in [1.82, 2.24) is 10.4 Å². The van der Waals surface area contributed by atoms with Crippen LogP contribution in [0.5, 0.6) is 5.75 Å². The highest BCUT2D eigenvalue weighted by Gasteiger charge is 2.22. The maximum absolute atomic E-state index is 13.5. The van der Waals surface area contributed by atoms with Gasteiger partial charge in [-0.2, -0.15) is 5.10 Å². The minimum Gasteiger partial charge on any atom is -0.421 e. The molecule has 5 rings (SSSR count). The van der Waals surface area contributed by atoms with Crippen LogP contribution in [0, 0.1) is 0 Å². The van der Waals surface area contributed by atoms with E-state index in [1.807, 2.05) is 55.4 Å². The van der Waals surface area contributed by atoms with Crippen LogP contribution in [0.25, 0.3) is 22.0 Å². The molecule has 0 bridgehead atoms. The Hall–Kier alpha value is -3.34. The maximum Gasteiger partial charge on any atom is 0.345 e. The molecule has 1 amide bonds. The van der Waals surface area contributed by atoms with Crippen molar-refractivity contribution in [2.45, 2.75) is 0 Å². The molecule has 0 saturated heterocycles. The largest absolute Gasteiger partial charge is 0.421 e. The van der Waals surface area contributed by atoms with Gasteiger partial charge in [-0.25, -0.2) is 10.2 Å². The quantitative estimate of drug-likeness (QED) is 0.0749. The number of rotatable bonds is 7. The van der Waals surface area contributed by atoms with E-state index in [0.717, 1.165) is 16.6 Å². The van der Waals surface area contributed by atoms with Gasteiger partial charge < -0.3 is 14.6 Å². The molecule has 0 fully saturated rings. The SMILES string of the molecule is CN(C)c1ccc2[nH]c(C(=O)NN=Cc3cc(Br)cc(Br)c3OC(=O)c3ccc(Cl)cc3Cl)c(-c3ccccc3Cl)c2c1. The number of esters is 1. The second-order valence-electron chi connectivity index (χ2n) is 9.50. The van der Waals surface area contributed by atoms with Crippen molar-refractivity contribution >= 4 is 101 Å². The smallest absolute Gasteiger partial charge is 0.345 e. The van der Waals surface area contributed by atoms with Gasteiger partial charge >= 0.3 is 5.97 Å². The van der Waals surface area contributed by atoms with Crippen LogP contribution in [0.2, 0.25) is 15.1 Å². The number of hydrogen-bond acceptors (Lipinski definition) is 5. The van der Waals surface area contributed by atoms with Crippen LogP contribution in [0.3, 0.4) is 0 Å². The summed E-state index contributed by atoms with van der Waals surface area (Å²) in [6, 6.07) is 21.1. The molecular formula is C31H21Br2Cl3N4O3. The first-order valence-corrected chi connectivity index (χ1v) is 15.3. The summed E-state index contributed by atoms with van der Waals surface area (Å²) in [5.41, 5.74) is 6.49. The number of hydrogen-bond donors (Lipinski definition) is 2. The predicted octanol–water partition coefficient (Wildman–Crippen LogP) is 9.37. The van der Waals surface area contributed by atoms with E-state index in [1.165, 1.54) is 18.3 Å². The van der Waals surface area contributed by atoms with Crippen LogP contribution in [-0.4, -0.2) is 37.2 Å². The molecule has 0 aliphatic rings. The van der Waals surface area contributed by atoms with Gasteiger partial charge in [0.05, 0.1) is 21.3 Å². The Morgan fingerprint density at radius 3 is 2.44 bits per heavy atom. The zero-order valence-corrected chi connectivity index (χ0v) is 28.0. The van der Waals surface area contributed by atoms with E-state index < -0.39 is 11.9 Å². The summed E-state index contributed by atoms with van der Waals surface area (Å²) in [4.78, 5) is 31.7. The maximum atomic E-state index is 13.5. The van der Waals surface area contributed by atoms with E-state index in [9.17, 15) is 9.59 Å². The van der Waals surface area contributed by atoms with Crippen molar-refractivity contribution in [2.75, 3.05) is 19.0 Å². The normalized spacial score (nSPS) is 11.2. The molecule has 12 heteroatoms.